The molecule has 0 unspecified atom stereocenters. The van der Waals surface area contributed by atoms with E-state index in [0.717, 1.165) is 0 Å². The zero-order chi connectivity index (χ0) is 17.0. The number of ether oxygens (including phenoxy) is 1. The number of aromatic nitrogens is 2. The third-order valence-corrected chi connectivity index (χ3v) is 3.60. The number of nitrogens with zero attached hydrogens (tertiary/aromatic N) is 2. The maximum Gasteiger partial charge on any atom is 0.266 e. The minimum absolute atomic E-state index is 0.0694. The number of halogens is 2. The molecule has 2 rings (SSSR count). The Morgan fingerprint density at radius 1 is 1.39 bits per heavy atom. The number of carbonyl (C=O) groups excluding carboxylic acids is 2. The number of anilines is 1. The van der Waals surface area contributed by atoms with Gasteiger partial charge in [0, 0.05) is 12.3 Å². The highest BCUT2D eigenvalue weighted by Gasteiger charge is 2.18. The van der Waals surface area contributed by atoms with Crippen LogP contribution in [0, 0.1) is 0 Å². The summed E-state index contributed by atoms with van der Waals surface area (Å²) in [6.45, 7) is 1.49. The minimum Gasteiger partial charge on any atom is -0.479 e. The number of hydrogen-bond acceptors (Lipinski definition) is 4. The highest BCUT2D eigenvalue weighted by atomic mass is 35.5. The Bertz CT molecular complexity index is 733. The number of amides is 2. The van der Waals surface area contributed by atoms with Gasteiger partial charge in [-0.1, -0.05) is 29.3 Å². The lowest BCUT2D eigenvalue weighted by Gasteiger charge is -2.15. The van der Waals surface area contributed by atoms with Gasteiger partial charge in [0.2, 0.25) is 5.91 Å². The van der Waals surface area contributed by atoms with E-state index in [4.69, 9.17) is 33.7 Å². The predicted octanol–water partition coefficient (Wildman–Crippen LogP) is 2.08. The number of nitrogens with two attached hydrogens (primary N) is 1. The van der Waals surface area contributed by atoms with Gasteiger partial charge < -0.3 is 15.8 Å². The summed E-state index contributed by atoms with van der Waals surface area (Å²) < 4.78 is 6.81. The first-order chi connectivity index (χ1) is 10.9. The highest BCUT2D eigenvalue weighted by molar-refractivity contribution is 6.42. The maximum atomic E-state index is 12.1. The van der Waals surface area contributed by atoms with E-state index in [-0.39, 0.29) is 17.4 Å². The molecule has 7 nitrogen and oxygen atoms in total. The molecule has 0 spiro atoms. The number of benzene rings is 1. The van der Waals surface area contributed by atoms with Crippen LogP contribution in [-0.2, 0) is 16.1 Å². The fourth-order valence-electron chi connectivity index (χ4n) is 1.72. The first kappa shape index (κ1) is 17.1. The molecule has 0 radical (unpaired) electrons. The average Bonchev–Trinajstić information content (AvgIpc) is 2.90. The molecule has 2 aromatic rings. The van der Waals surface area contributed by atoms with Gasteiger partial charge in [-0.2, -0.15) is 5.10 Å². The zero-order valence-electron chi connectivity index (χ0n) is 12.1. The van der Waals surface area contributed by atoms with Crippen LogP contribution in [0.15, 0.2) is 30.5 Å². The van der Waals surface area contributed by atoms with Crippen LogP contribution >= 0.6 is 23.2 Å². The lowest BCUT2D eigenvalue weighted by Crippen LogP contribution is -2.30. The third-order valence-electron chi connectivity index (χ3n) is 2.80. The lowest BCUT2D eigenvalue weighted by molar-refractivity contribution is -0.122. The molecule has 1 atom stereocenters. The van der Waals surface area contributed by atoms with Crippen LogP contribution in [0.5, 0.6) is 5.75 Å². The van der Waals surface area contributed by atoms with Gasteiger partial charge in [0.25, 0.3) is 5.91 Å². The van der Waals surface area contributed by atoms with Gasteiger partial charge in [0.15, 0.2) is 11.9 Å². The second-order valence-electron chi connectivity index (χ2n) is 4.67. The van der Waals surface area contributed by atoms with E-state index in [9.17, 15) is 9.59 Å². The summed E-state index contributed by atoms with van der Waals surface area (Å²) in [7, 11) is 0. The molecule has 1 aromatic carbocycles. The topological polar surface area (TPSA) is 99.2 Å². The van der Waals surface area contributed by atoms with Crippen LogP contribution in [0.3, 0.4) is 0 Å². The average molecular weight is 357 g/mol. The molecule has 0 bridgehead atoms. The Morgan fingerprint density at radius 3 is 2.83 bits per heavy atom. The van der Waals surface area contributed by atoms with Crippen LogP contribution in [0.2, 0.25) is 10.0 Å². The van der Waals surface area contributed by atoms with Crippen molar-refractivity contribution in [1.29, 1.82) is 0 Å². The second kappa shape index (κ2) is 7.34. The van der Waals surface area contributed by atoms with E-state index in [1.807, 2.05) is 0 Å². The predicted molar refractivity (Wildman–Crippen MR) is 86.6 cm³/mol. The van der Waals surface area contributed by atoms with Gasteiger partial charge in [-0.25, -0.2) is 0 Å². The van der Waals surface area contributed by atoms with Crippen LogP contribution in [0.4, 0.5) is 5.82 Å². The molecule has 0 saturated heterocycles. The van der Waals surface area contributed by atoms with Crippen molar-refractivity contribution >= 4 is 40.8 Å². The molecular formula is C14H14Cl2N4O3. The SMILES string of the molecule is C[C@@H](Oc1cccc(Cl)c1Cl)C(=O)Nc1ccn(CC(N)=O)n1. The molecule has 0 fully saturated rings. The molecule has 23 heavy (non-hydrogen) atoms. The normalized spacial score (nSPS) is 11.8. The van der Waals surface area contributed by atoms with Gasteiger partial charge >= 0.3 is 0 Å². The van der Waals surface area contributed by atoms with Crippen LogP contribution < -0.4 is 15.8 Å². The standard InChI is InChI=1S/C14H14Cl2N4O3/c1-8(23-10-4-2-3-9(15)13(10)16)14(22)18-12-5-6-20(19-12)7-11(17)21/h2-6,8H,7H2,1H3,(H2,17,21)(H,18,19,22)/t8-/m1/s1. The van der Waals surface area contributed by atoms with Crippen LogP contribution in [0.1, 0.15) is 6.92 Å². The molecule has 1 heterocycles. The molecular weight excluding hydrogens is 343 g/mol. The van der Waals surface area contributed by atoms with E-state index in [2.05, 4.69) is 10.4 Å². The quantitative estimate of drug-likeness (QED) is 0.827. The van der Waals surface area contributed by atoms with Crippen molar-refractivity contribution < 1.29 is 14.3 Å². The number of nitrogens with one attached hydrogen (secondary N) is 1. The summed E-state index contributed by atoms with van der Waals surface area (Å²) in [6, 6.07) is 6.44. The van der Waals surface area contributed by atoms with E-state index in [1.165, 1.54) is 10.9 Å². The number of hydrogen-bond donors (Lipinski definition) is 2. The van der Waals surface area contributed by atoms with Crippen molar-refractivity contribution in [2.24, 2.45) is 5.73 Å². The first-order valence-corrected chi connectivity index (χ1v) is 7.35. The molecule has 9 heteroatoms. The number of primary amides is 1. The van der Waals surface area contributed by atoms with Crippen molar-refractivity contribution in [1.82, 2.24) is 9.78 Å². The highest BCUT2D eigenvalue weighted by Crippen LogP contribution is 2.32. The van der Waals surface area contributed by atoms with E-state index >= 15 is 0 Å². The lowest BCUT2D eigenvalue weighted by atomic mass is 10.3. The van der Waals surface area contributed by atoms with E-state index < -0.39 is 17.9 Å². The number of carbonyl (C=O) groups is 2. The molecule has 0 aliphatic rings. The Morgan fingerprint density at radius 2 is 2.13 bits per heavy atom. The first-order valence-electron chi connectivity index (χ1n) is 6.60. The van der Waals surface area contributed by atoms with Gasteiger partial charge in [-0.3, -0.25) is 14.3 Å². The van der Waals surface area contributed by atoms with Crippen LogP contribution in [0.25, 0.3) is 0 Å². The van der Waals surface area contributed by atoms with Gasteiger partial charge in [-0.15, -0.1) is 0 Å². The third kappa shape index (κ3) is 4.61. The van der Waals surface area contributed by atoms with Gasteiger partial charge in [0.1, 0.15) is 17.3 Å². The fraction of sp³-hybridized carbons (Fsp3) is 0.214. The molecule has 122 valence electrons. The Hall–Kier alpha value is -2.25. The zero-order valence-corrected chi connectivity index (χ0v) is 13.6. The fourth-order valence-corrected chi connectivity index (χ4v) is 2.06. The maximum absolute atomic E-state index is 12.1. The smallest absolute Gasteiger partial charge is 0.266 e. The van der Waals surface area contributed by atoms with Gasteiger partial charge in [-0.05, 0) is 19.1 Å². The van der Waals surface area contributed by atoms with E-state index in [0.29, 0.717) is 10.8 Å². The summed E-state index contributed by atoms with van der Waals surface area (Å²) >= 11 is 11.9. The molecule has 1 aromatic heterocycles. The minimum atomic E-state index is -0.827. The Labute approximate surface area is 142 Å². The summed E-state index contributed by atoms with van der Waals surface area (Å²) in [4.78, 5) is 22.9. The van der Waals surface area contributed by atoms with E-state index in [1.54, 1.807) is 31.2 Å². The summed E-state index contributed by atoms with van der Waals surface area (Å²) in [5.41, 5.74) is 5.07. The molecule has 2 amide bonds. The molecule has 0 aliphatic heterocycles. The largest absolute Gasteiger partial charge is 0.479 e. The molecule has 0 saturated carbocycles. The summed E-state index contributed by atoms with van der Waals surface area (Å²) in [5.74, 6) is -0.367. The molecule has 3 N–H and O–H groups in total. The summed E-state index contributed by atoms with van der Waals surface area (Å²) in [6.07, 6.45) is 0.701. The van der Waals surface area contributed by atoms with Crippen molar-refractivity contribution in [2.75, 3.05) is 5.32 Å². The van der Waals surface area contributed by atoms with Crippen LogP contribution in [-0.4, -0.2) is 27.7 Å². The van der Waals surface area contributed by atoms with Crippen molar-refractivity contribution in [3.8, 4) is 5.75 Å². The van der Waals surface area contributed by atoms with Gasteiger partial charge in [0.05, 0.1) is 5.02 Å². The monoisotopic (exact) mass is 356 g/mol. The van der Waals surface area contributed by atoms with Crippen molar-refractivity contribution in [2.45, 2.75) is 19.6 Å². The summed E-state index contributed by atoms with van der Waals surface area (Å²) in [5, 5.41) is 7.13. The Kier molecular flexibility index (Phi) is 5.46. The molecule has 0 aliphatic carbocycles. The number of rotatable bonds is 6. The second-order valence-corrected chi connectivity index (χ2v) is 5.45. The van der Waals surface area contributed by atoms with Crippen molar-refractivity contribution in [3.63, 3.8) is 0 Å². The Balaban J connectivity index is 1.98. The van der Waals surface area contributed by atoms with Crippen molar-refractivity contribution in [3.05, 3.63) is 40.5 Å².